The summed E-state index contributed by atoms with van der Waals surface area (Å²) in [5.41, 5.74) is 0.876. The fourth-order valence-electron chi connectivity index (χ4n) is 0.817. The van der Waals surface area contributed by atoms with E-state index >= 15 is 0 Å². The van der Waals surface area contributed by atoms with Gasteiger partial charge < -0.3 is 5.32 Å². The fraction of sp³-hybridized carbons (Fsp3) is 0.500. The van der Waals surface area contributed by atoms with Gasteiger partial charge in [-0.2, -0.15) is 0 Å². The molecule has 78 valence electrons. The van der Waals surface area contributed by atoms with Crippen LogP contribution in [0.4, 0.5) is 5.82 Å². The predicted molar refractivity (Wildman–Crippen MR) is 57.1 cm³/mol. The van der Waals surface area contributed by atoms with Gasteiger partial charge in [0, 0.05) is 13.1 Å². The van der Waals surface area contributed by atoms with E-state index in [1.54, 1.807) is 6.20 Å². The second kappa shape index (κ2) is 7.00. The largest absolute Gasteiger partial charge is 0.310 e. The van der Waals surface area contributed by atoms with Crippen LogP contribution in [0.1, 0.15) is 33.4 Å². The van der Waals surface area contributed by atoms with Crippen molar-refractivity contribution in [2.75, 3.05) is 5.32 Å². The summed E-state index contributed by atoms with van der Waals surface area (Å²) < 4.78 is 0. The summed E-state index contributed by atoms with van der Waals surface area (Å²) in [5, 5.41) is 2.57. The molecule has 14 heavy (non-hydrogen) atoms. The van der Waals surface area contributed by atoms with E-state index in [0.29, 0.717) is 5.82 Å². The molecule has 0 radical (unpaired) electrons. The number of amides is 1. The van der Waals surface area contributed by atoms with Crippen molar-refractivity contribution < 1.29 is 4.79 Å². The van der Waals surface area contributed by atoms with Crippen LogP contribution in [-0.2, 0) is 11.2 Å². The minimum absolute atomic E-state index is 0.127. The Morgan fingerprint density at radius 3 is 2.57 bits per heavy atom. The zero-order valence-electron chi connectivity index (χ0n) is 9.16. The first-order chi connectivity index (χ1) is 6.72. The third-order valence-electron chi connectivity index (χ3n) is 1.35. The molecular weight excluding hydrogens is 178 g/mol. The number of hydrogen-bond donors (Lipinski definition) is 1. The maximum Gasteiger partial charge on any atom is 0.222 e. The predicted octanol–water partition coefficient (Wildman–Crippen LogP) is 2.02. The Balaban J connectivity index is 0.000000791. The van der Waals surface area contributed by atoms with E-state index in [2.05, 4.69) is 15.3 Å². The highest BCUT2D eigenvalue weighted by Crippen LogP contribution is 2.01. The number of carbonyl (C=O) groups is 1. The number of hydrogen-bond acceptors (Lipinski definition) is 3. The quantitative estimate of drug-likeness (QED) is 0.785. The Labute approximate surface area is 84.8 Å². The minimum Gasteiger partial charge on any atom is -0.310 e. The molecule has 0 aliphatic heterocycles. The molecule has 1 heterocycles. The molecule has 0 bridgehead atoms. The first-order valence-electron chi connectivity index (χ1n) is 4.81. The highest BCUT2D eigenvalue weighted by molar-refractivity contribution is 5.87. The zero-order valence-corrected chi connectivity index (χ0v) is 9.16. The molecule has 1 N–H and O–H groups in total. The molecule has 0 spiro atoms. The summed E-state index contributed by atoms with van der Waals surface area (Å²) in [7, 11) is 0. The van der Waals surface area contributed by atoms with E-state index in [1.165, 1.54) is 13.1 Å². The summed E-state index contributed by atoms with van der Waals surface area (Å²) in [4.78, 5) is 18.7. The van der Waals surface area contributed by atoms with Crippen LogP contribution in [0.25, 0.3) is 0 Å². The summed E-state index contributed by atoms with van der Waals surface area (Å²) in [5.74, 6) is 0.388. The average Bonchev–Trinajstić information content (AvgIpc) is 2.20. The number of aryl methyl sites for hydroxylation is 1. The monoisotopic (exact) mass is 195 g/mol. The second-order valence-electron chi connectivity index (χ2n) is 2.43. The smallest absolute Gasteiger partial charge is 0.222 e. The molecule has 0 unspecified atom stereocenters. The Bertz CT molecular complexity index is 286. The molecule has 4 nitrogen and oxygen atoms in total. The lowest BCUT2D eigenvalue weighted by Gasteiger charge is -2.00. The van der Waals surface area contributed by atoms with Crippen LogP contribution in [0, 0.1) is 0 Å². The minimum atomic E-state index is -0.127. The van der Waals surface area contributed by atoms with E-state index in [0.717, 1.165) is 12.1 Å². The van der Waals surface area contributed by atoms with Crippen molar-refractivity contribution in [2.24, 2.45) is 0 Å². The summed E-state index contributed by atoms with van der Waals surface area (Å²) in [6.07, 6.45) is 4.03. The van der Waals surface area contributed by atoms with Gasteiger partial charge in [-0.15, -0.1) is 0 Å². The first-order valence-corrected chi connectivity index (χ1v) is 4.81. The Hall–Kier alpha value is -1.45. The van der Waals surface area contributed by atoms with Gasteiger partial charge in [0.2, 0.25) is 5.91 Å². The molecular formula is C10H17N3O. The average molecular weight is 195 g/mol. The molecule has 1 aromatic rings. The lowest BCUT2D eigenvalue weighted by atomic mass is 10.3. The number of anilines is 1. The molecule has 0 aliphatic carbocycles. The molecule has 0 aliphatic rings. The van der Waals surface area contributed by atoms with E-state index in [9.17, 15) is 4.79 Å². The van der Waals surface area contributed by atoms with Gasteiger partial charge in [0.1, 0.15) is 0 Å². The lowest BCUT2D eigenvalue weighted by molar-refractivity contribution is -0.114. The third-order valence-corrected chi connectivity index (χ3v) is 1.35. The summed E-state index contributed by atoms with van der Waals surface area (Å²) >= 11 is 0. The van der Waals surface area contributed by atoms with Crippen molar-refractivity contribution in [1.29, 1.82) is 0 Å². The molecule has 0 aromatic carbocycles. The summed E-state index contributed by atoms with van der Waals surface area (Å²) in [6.45, 7) is 7.43. The van der Waals surface area contributed by atoms with E-state index in [1.807, 2.05) is 20.8 Å². The molecule has 1 aromatic heterocycles. The topological polar surface area (TPSA) is 54.9 Å². The molecule has 0 fully saturated rings. The van der Waals surface area contributed by atoms with Crippen LogP contribution in [0.3, 0.4) is 0 Å². The van der Waals surface area contributed by atoms with Gasteiger partial charge >= 0.3 is 0 Å². The SMILES string of the molecule is CC.CCc1cncc(NC(C)=O)n1. The molecule has 0 saturated heterocycles. The number of rotatable bonds is 2. The lowest BCUT2D eigenvalue weighted by Crippen LogP contribution is -2.08. The van der Waals surface area contributed by atoms with Crippen LogP contribution < -0.4 is 5.32 Å². The Morgan fingerprint density at radius 1 is 1.43 bits per heavy atom. The van der Waals surface area contributed by atoms with Gasteiger partial charge in [-0.3, -0.25) is 9.78 Å². The normalized spacial score (nSPS) is 8.57. The van der Waals surface area contributed by atoms with Gasteiger partial charge in [0.15, 0.2) is 5.82 Å². The summed E-state index contributed by atoms with van der Waals surface area (Å²) in [6, 6.07) is 0. The van der Waals surface area contributed by atoms with Crippen molar-refractivity contribution >= 4 is 11.7 Å². The Kier molecular flexibility index (Phi) is 6.28. The number of carbonyl (C=O) groups excluding carboxylic acids is 1. The van der Waals surface area contributed by atoms with Gasteiger partial charge in [-0.25, -0.2) is 4.98 Å². The molecule has 0 atom stereocenters. The van der Waals surface area contributed by atoms with Crippen molar-refractivity contribution in [2.45, 2.75) is 34.1 Å². The maximum absolute atomic E-state index is 10.6. The number of nitrogens with one attached hydrogen (secondary N) is 1. The van der Waals surface area contributed by atoms with Gasteiger partial charge in [0.25, 0.3) is 0 Å². The molecule has 0 saturated carbocycles. The zero-order chi connectivity index (χ0) is 11.0. The maximum atomic E-state index is 10.6. The van der Waals surface area contributed by atoms with Crippen molar-refractivity contribution in [3.63, 3.8) is 0 Å². The van der Waals surface area contributed by atoms with Gasteiger partial charge in [-0.1, -0.05) is 20.8 Å². The standard InChI is InChI=1S/C8H11N3O.C2H6/c1-3-7-4-9-5-8(11-7)10-6(2)12;1-2/h4-5H,3H2,1-2H3,(H,10,11,12);1-2H3. The van der Waals surface area contributed by atoms with E-state index < -0.39 is 0 Å². The second-order valence-corrected chi connectivity index (χ2v) is 2.43. The van der Waals surface area contributed by atoms with Crippen LogP contribution in [0.15, 0.2) is 12.4 Å². The first kappa shape index (κ1) is 12.6. The van der Waals surface area contributed by atoms with Crippen LogP contribution >= 0.6 is 0 Å². The van der Waals surface area contributed by atoms with Crippen molar-refractivity contribution in [1.82, 2.24) is 9.97 Å². The number of nitrogens with zero attached hydrogens (tertiary/aromatic N) is 2. The molecule has 4 heteroatoms. The van der Waals surface area contributed by atoms with Gasteiger partial charge in [-0.05, 0) is 6.42 Å². The van der Waals surface area contributed by atoms with Crippen LogP contribution in [0.5, 0.6) is 0 Å². The van der Waals surface area contributed by atoms with Crippen molar-refractivity contribution in [3.8, 4) is 0 Å². The van der Waals surface area contributed by atoms with Crippen molar-refractivity contribution in [3.05, 3.63) is 18.1 Å². The molecule has 1 rings (SSSR count). The molecule has 1 amide bonds. The van der Waals surface area contributed by atoms with Crippen LogP contribution in [-0.4, -0.2) is 15.9 Å². The Morgan fingerprint density at radius 2 is 2.07 bits per heavy atom. The fourth-order valence-corrected chi connectivity index (χ4v) is 0.817. The highest BCUT2D eigenvalue weighted by Gasteiger charge is 1.97. The number of aromatic nitrogens is 2. The van der Waals surface area contributed by atoms with Crippen LogP contribution in [0.2, 0.25) is 0 Å². The van der Waals surface area contributed by atoms with Gasteiger partial charge in [0.05, 0.1) is 11.9 Å². The highest BCUT2D eigenvalue weighted by atomic mass is 16.1. The van der Waals surface area contributed by atoms with E-state index in [4.69, 9.17) is 0 Å². The van der Waals surface area contributed by atoms with E-state index in [-0.39, 0.29) is 5.91 Å². The third kappa shape index (κ3) is 4.54.